The number of methoxy groups -OCH3 is 1. The molecule has 2 N–H and O–H groups in total. The molecule has 6 nitrogen and oxygen atoms in total. The molecule has 0 aliphatic carbocycles. The normalized spacial score (nSPS) is 11.4. The van der Waals surface area contributed by atoms with Crippen molar-refractivity contribution in [1.29, 1.82) is 0 Å². The lowest BCUT2D eigenvalue weighted by molar-refractivity contribution is -0.139. The number of ether oxygens (including phenoxy) is 1. The quantitative estimate of drug-likeness (QED) is 0.773. The molecule has 0 bridgehead atoms. The summed E-state index contributed by atoms with van der Waals surface area (Å²) in [7, 11) is 1.25. The molecule has 114 valence electrons. The first kappa shape index (κ1) is 17.0. The minimum atomic E-state index is -0.526. The lowest BCUT2D eigenvalue weighted by Gasteiger charge is -2.10. The monoisotopic (exact) mass is 310 g/mol. The summed E-state index contributed by atoms with van der Waals surface area (Å²) < 4.78 is 4.44. The highest BCUT2D eigenvalue weighted by molar-refractivity contribution is 7.99. The standard InChI is InChI=1S/C14H18N2O4S/c1-9(21-3)13(18)16-11-6-4-5-10(7-11)14(19)15-8-12(17)20-2/h4-7,9H,8H2,1-3H3,(H,15,19)(H,16,18)/t9-/m1/s1. The summed E-state index contributed by atoms with van der Waals surface area (Å²) in [4.78, 5) is 34.6. The maximum atomic E-state index is 11.9. The maximum Gasteiger partial charge on any atom is 0.325 e. The van der Waals surface area contributed by atoms with Crippen LogP contribution in [0.4, 0.5) is 5.69 Å². The number of thioether (sulfide) groups is 1. The van der Waals surface area contributed by atoms with E-state index in [1.54, 1.807) is 31.2 Å². The van der Waals surface area contributed by atoms with Crippen molar-refractivity contribution in [2.24, 2.45) is 0 Å². The largest absolute Gasteiger partial charge is 0.468 e. The minimum absolute atomic E-state index is 0.130. The van der Waals surface area contributed by atoms with Gasteiger partial charge >= 0.3 is 5.97 Å². The Kier molecular flexibility index (Phi) is 6.74. The second kappa shape index (κ2) is 8.31. The third kappa shape index (κ3) is 5.47. The molecular formula is C14H18N2O4S. The molecule has 1 atom stereocenters. The summed E-state index contributed by atoms with van der Waals surface area (Å²) in [5.41, 5.74) is 0.889. The lowest BCUT2D eigenvalue weighted by Crippen LogP contribution is -2.30. The zero-order chi connectivity index (χ0) is 15.8. The van der Waals surface area contributed by atoms with Crippen LogP contribution in [0.1, 0.15) is 17.3 Å². The fraction of sp³-hybridized carbons (Fsp3) is 0.357. The van der Waals surface area contributed by atoms with Gasteiger partial charge in [-0.3, -0.25) is 14.4 Å². The molecular weight excluding hydrogens is 292 g/mol. The van der Waals surface area contributed by atoms with Crippen LogP contribution in [0.25, 0.3) is 0 Å². The van der Waals surface area contributed by atoms with Gasteiger partial charge in [-0.15, -0.1) is 0 Å². The van der Waals surface area contributed by atoms with Gasteiger partial charge in [-0.05, 0) is 31.4 Å². The van der Waals surface area contributed by atoms with E-state index in [2.05, 4.69) is 15.4 Å². The lowest BCUT2D eigenvalue weighted by atomic mass is 10.2. The number of anilines is 1. The predicted octanol–water partition coefficient (Wildman–Crippen LogP) is 1.28. The second-order valence-electron chi connectivity index (χ2n) is 4.21. The first-order chi connectivity index (χ1) is 9.97. The average Bonchev–Trinajstić information content (AvgIpc) is 2.51. The highest BCUT2D eigenvalue weighted by atomic mass is 32.2. The van der Waals surface area contributed by atoms with Gasteiger partial charge in [-0.2, -0.15) is 11.8 Å². The van der Waals surface area contributed by atoms with Crippen LogP contribution in [0.2, 0.25) is 0 Å². The van der Waals surface area contributed by atoms with Crippen LogP contribution in [-0.2, 0) is 14.3 Å². The molecule has 7 heteroatoms. The molecule has 1 aromatic rings. The zero-order valence-electron chi connectivity index (χ0n) is 12.1. The van der Waals surface area contributed by atoms with Crippen LogP contribution in [0.5, 0.6) is 0 Å². The Morgan fingerprint density at radius 2 is 2.05 bits per heavy atom. The molecule has 0 radical (unpaired) electrons. The number of nitrogens with one attached hydrogen (secondary N) is 2. The van der Waals surface area contributed by atoms with Gasteiger partial charge in [0.1, 0.15) is 6.54 Å². The van der Waals surface area contributed by atoms with Gasteiger partial charge in [-0.25, -0.2) is 0 Å². The van der Waals surface area contributed by atoms with E-state index in [-0.39, 0.29) is 17.7 Å². The summed E-state index contributed by atoms with van der Waals surface area (Å²) in [5, 5.41) is 4.99. The molecule has 0 aliphatic rings. The molecule has 0 aliphatic heterocycles. The molecule has 0 saturated heterocycles. The van der Waals surface area contributed by atoms with Gasteiger partial charge < -0.3 is 15.4 Å². The van der Waals surface area contributed by atoms with Crippen molar-refractivity contribution in [2.45, 2.75) is 12.2 Å². The van der Waals surface area contributed by atoms with Crippen molar-refractivity contribution in [3.8, 4) is 0 Å². The fourth-order valence-corrected chi connectivity index (χ4v) is 1.69. The number of rotatable bonds is 6. The Morgan fingerprint density at radius 3 is 2.67 bits per heavy atom. The molecule has 21 heavy (non-hydrogen) atoms. The Bertz CT molecular complexity index is 533. The number of carbonyl (C=O) groups is 3. The summed E-state index contributed by atoms with van der Waals surface area (Å²) in [5.74, 6) is -1.06. The van der Waals surface area contributed by atoms with Crippen LogP contribution in [0.15, 0.2) is 24.3 Å². The maximum absolute atomic E-state index is 11.9. The summed E-state index contributed by atoms with van der Waals surface area (Å²) in [6.45, 7) is 1.60. The van der Waals surface area contributed by atoms with Crippen LogP contribution >= 0.6 is 11.8 Å². The van der Waals surface area contributed by atoms with Crippen molar-refractivity contribution in [3.63, 3.8) is 0 Å². The van der Waals surface area contributed by atoms with Gasteiger partial charge in [0.25, 0.3) is 5.91 Å². The number of hydrogen-bond donors (Lipinski definition) is 2. The van der Waals surface area contributed by atoms with Crippen LogP contribution in [0, 0.1) is 0 Å². The smallest absolute Gasteiger partial charge is 0.325 e. The molecule has 1 aromatic carbocycles. The van der Waals surface area contributed by atoms with Gasteiger partial charge in [0.15, 0.2) is 0 Å². The molecule has 1 rings (SSSR count). The Morgan fingerprint density at radius 1 is 1.33 bits per heavy atom. The number of benzene rings is 1. The van der Waals surface area contributed by atoms with Crippen molar-refractivity contribution >= 4 is 35.2 Å². The Hall–Kier alpha value is -2.02. The third-order valence-corrected chi connectivity index (χ3v) is 3.66. The van der Waals surface area contributed by atoms with E-state index in [0.717, 1.165) is 0 Å². The fourth-order valence-electron chi connectivity index (χ4n) is 1.42. The van der Waals surface area contributed by atoms with Crippen molar-refractivity contribution in [1.82, 2.24) is 5.32 Å². The van der Waals surface area contributed by atoms with E-state index in [9.17, 15) is 14.4 Å². The number of carbonyl (C=O) groups excluding carboxylic acids is 3. The van der Waals surface area contributed by atoms with Gasteiger partial charge in [0, 0.05) is 11.3 Å². The van der Waals surface area contributed by atoms with E-state index in [1.165, 1.54) is 18.9 Å². The van der Waals surface area contributed by atoms with Crippen LogP contribution < -0.4 is 10.6 Å². The van der Waals surface area contributed by atoms with Crippen LogP contribution in [0.3, 0.4) is 0 Å². The zero-order valence-corrected chi connectivity index (χ0v) is 13.0. The summed E-state index contributed by atoms with van der Waals surface area (Å²) in [6.07, 6.45) is 1.85. The van der Waals surface area contributed by atoms with Crippen LogP contribution in [-0.4, -0.2) is 42.9 Å². The highest BCUT2D eigenvalue weighted by Gasteiger charge is 2.13. The molecule has 0 saturated carbocycles. The van der Waals surface area contributed by atoms with E-state index >= 15 is 0 Å². The average molecular weight is 310 g/mol. The van der Waals surface area contributed by atoms with Gasteiger partial charge in [0.05, 0.1) is 12.4 Å². The van der Waals surface area contributed by atoms with Gasteiger partial charge in [0.2, 0.25) is 5.91 Å². The molecule has 0 heterocycles. The van der Waals surface area contributed by atoms with E-state index in [0.29, 0.717) is 11.3 Å². The minimum Gasteiger partial charge on any atom is -0.468 e. The molecule has 0 fully saturated rings. The molecule has 0 spiro atoms. The Labute approximate surface area is 127 Å². The number of hydrogen-bond acceptors (Lipinski definition) is 5. The highest BCUT2D eigenvalue weighted by Crippen LogP contribution is 2.13. The predicted molar refractivity (Wildman–Crippen MR) is 82.4 cm³/mol. The Balaban J connectivity index is 2.69. The van der Waals surface area contributed by atoms with Gasteiger partial charge in [-0.1, -0.05) is 6.07 Å². The first-order valence-corrected chi connectivity index (χ1v) is 7.55. The van der Waals surface area contributed by atoms with Crippen molar-refractivity contribution in [2.75, 3.05) is 25.2 Å². The molecule has 2 amide bonds. The third-order valence-electron chi connectivity index (χ3n) is 2.74. The van der Waals surface area contributed by atoms with Crippen molar-refractivity contribution < 1.29 is 19.1 Å². The van der Waals surface area contributed by atoms with E-state index in [4.69, 9.17) is 0 Å². The SMILES string of the molecule is COC(=O)CNC(=O)c1cccc(NC(=O)[C@@H](C)SC)c1. The second-order valence-corrected chi connectivity index (χ2v) is 5.39. The summed E-state index contributed by atoms with van der Waals surface area (Å²) in [6, 6.07) is 6.51. The number of esters is 1. The van der Waals surface area contributed by atoms with Crippen molar-refractivity contribution in [3.05, 3.63) is 29.8 Å². The summed E-state index contributed by atoms with van der Waals surface area (Å²) >= 11 is 1.43. The van der Waals surface area contributed by atoms with E-state index < -0.39 is 11.9 Å². The first-order valence-electron chi connectivity index (χ1n) is 6.26. The van der Waals surface area contributed by atoms with E-state index in [1.807, 2.05) is 6.26 Å². The molecule has 0 unspecified atom stereocenters. The molecule has 0 aromatic heterocycles. The number of amides is 2. The topological polar surface area (TPSA) is 84.5 Å².